The minimum absolute atomic E-state index is 0.0885. The molecule has 0 atom stereocenters. The summed E-state index contributed by atoms with van der Waals surface area (Å²) in [6.45, 7) is 6.50. The first-order valence-corrected chi connectivity index (χ1v) is 13.1. The number of nitrogens with one attached hydrogen (secondary N) is 1. The van der Waals surface area contributed by atoms with Gasteiger partial charge in [0.2, 0.25) is 0 Å². The normalized spacial score (nSPS) is 13.4. The minimum atomic E-state index is -0.317. The van der Waals surface area contributed by atoms with Gasteiger partial charge < -0.3 is 15.1 Å². The van der Waals surface area contributed by atoms with Crippen molar-refractivity contribution < 1.29 is 9.18 Å². The Morgan fingerprint density at radius 1 is 0.921 bits per heavy atom. The molecule has 3 aromatic carbocycles. The van der Waals surface area contributed by atoms with Gasteiger partial charge in [0.05, 0.1) is 0 Å². The van der Waals surface area contributed by atoms with Gasteiger partial charge in [-0.2, -0.15) is 0 Å². The zero-order chi connectivity index (χ0) is 26.5. The Hall–Kier alpha value is -4.26. The molecule has 38 heavy (non-hydrogen) atoms. The van der Waals surface area contributed by atoms with Crippen LogP contribution in [0.3, 0.4) is 0 Å². The first-order chi connectivity index (χ1) is 18.5. The van der Waals surface area contributed by atoms with Gasteiger partial charge in [-0.3, -0.25) is 0 Å². The van der Waals surface area contributed by atoms with Gasteiger partial charge >= 0.3 is 6.03 Å². The molecular formula is C31H32FN5O. The molecule has 1 aliphatic heterocycles. The Labute approximate surface area is 223 Å². The number of amides is 2. The number of hydrogen-bond donors (Lipinski definition) is 1. The summed E-state index contributed by atoms with van der Waals surface area (Å²) in [6.07, 6.45) is 1.55. The fourth-order valence-corrected chi connectivity index (χ4v) is 4.87. The second-order valence-corrected chi connectivity index (χ2v) is 9.52. The number of piperazine rings is 1. The van der Waals surface area contributed by atoms with E-state index in [0.717, 1.165) is 34.7 Å². The Morgan fingerprint density at radius 3 is 2.39 bits per heavy atom. The van der Waals surface area contributed by atoms with Gasteiger partial charge in [0.15, 0.2) is 5.82 Å². The summed E-state index contributed by atoms with van der Waals surface area (Å²) in [5.74, 6) is 1.03. The van der Waals surface area contributed by atoms with E-state index in [0.29, 0.717) is 44.0 Å². The van der Waals surface area contributed by atoms with Crippen LogP contribution in [0.25, 0.3) is 11.4 Å². The highest BCUT2D eigenvalue weighted by molar-refractivity contribution is 5.90. The first-order valence-electron chi connectivity index (χ1n) is 13.1. The standard InChI is InChI=1S/C31H32FN5O/c1-3-24-12-7-8-15-28(24)34-31(38)37-18-16-36(17-19-37)30-27(20-23-10-5-4-6-11-23)22(2)33-29(35-30)25-13-9-14-26(32)21-25/h4-15,21H,3,16-20H2,1-2H3,(H,34,38). The summed E-state index contributed by atoms with van der Waals surface area (Å²) < 4.78 is 14.0. The molecule has 1 saturated heterocycles. The van der Waals surface area contributed by atoms with Gasteiger partial charge in [0.25, 0.3) is 0 Å². The SMILES string of the molecule is CCc1ccccc1NC(=O)N1CCN(c2nc(-c3cccc(F)c3)nc(C)c2Cc2ccccc2)CC1. The average Bonchev–Trinajstić information content (AvgIpc) is 2.95. The van der Waals surface area contributed by atoms with E-state index in [1.54, 1.807) is 6.07 Å². The number of benzene rings is 3. The predicted octanol–water partition coefficient (Wildman–Crippen LogP) is 6.10. The maximum Gasteiger partial charge on any atom is 0.321 e. The van der Waals surface area contributed by atoms with Crippen LogP contribution < -0.4 is 10.2 Å². The van der Waals surface area contributed by atoms with E-state index in [2.05, 4.69) is 29.3 Å². The van der Waals surface area contributed by atoms with Crippen molar-refractivity contribution >= 4 is 17.5 Å². The zero-order valence-corrected chi connectivity index (χ0v) is 21.8. The van der Waals surface area contributed by atoms with Crippen molar-refractivity contribution in [3.05, 3.63) is 107 Å². The number of halogens is 1. The van der Waals surface area contributed by atoms with Gasteiger partial charge in [0.1, 0.15) is 11.6 Å². The molecule has 0 aliphatic carbocycles. The maximum atomic E-state index is 14.0. The fraction of sp³-hybridized carbons (Fsp3) is 0.258. The average molecular weight is 510 g/mol. The largest absolute Gasteiger partial charge is 0.353 e. The number of para-hydroxylation sites is 1. The highest BCUT2D eigenvalue weighted by Crippen LogP contribution is 2.29. The number of nitrogens with zero attached hydrogens (tertiary/aromatic N) is 4. The van der Waals surface area contributed by atoms with Gasteiger partial charge in [-0.05, 0) is 42.7 Å². The molecule has 1 aromatic heterocycles. The van der Waals surface area contributed by atoms with E-state index in [4.69, 9.17) is 9.97 Å². The summed E-state index contributed by atoms with van der Waals surface area (Å²) >= 11 is 0. The van der Waals surface area contributed by atoms with Crippen LogP contribution in [0.5, 0.6) is 0 Å². The summed E-state index contributed by atoms with van der Waals surface area (Å²) in [6, 6.07) is 24.5. The van der Waals surface area contributed by atoms with Crippen LogP contribution in [0.1, 0.15) is 29.3 Å². The van der Waals surface area contributed by atoms with E-state index in [1.807, 2.05) is 60.4 Å². The summed E-state index contributed by atoms with van der Waals surface area (Å²) in [4.78, 5) is 26.8. The molecule has 1 N–H and O–H groups in total. The number of aryl methyl sites for hydroxylation is 2. The zero-order valence-electron chi connectivity index (χ0n) is 21.8. The number of urea groups is 1. The van der Waals surface area contributed by atoms with Gasteiger partial charge in [-0.25, -0.2) is 19.2 Å². The molecule has 0 radical (unpaired) electrons. The van der Waals surface area contributed by atoms with E-state index in [1.165, 1.54) is 17.7 Å². The minimum Gasteiger partial charge on any atom is -0.353 e. The van der Waals surface area contributed by atoms with Gasteiger partial charge in [-0.15, -0.1) is 0 Å². The summed E-state index contributed by atoms with van der Waals surface area (Å²) in [7, 11) is 0. The number of carbonyl (C=O) groups is 1. The molecule has 2 amide bonds. The van der Waals surface area contributed by atoms with Crippen LogP contribution >= 0.6 is 0 Å². The van der Waals surface area contributed by atoms with Crippen molar-refractivity contribution in [2.45, 2.75) is 26.7 Å². The topological polar surface area (TPSA) is 61.4 Å². The van der Waals surface area contributed by atoms with Crippen LogP contribution in [0.15, 0.2) is 78.9 Å². The molecule has 7 heteroatoms. The quantitative estimate of drug-likeness (QED) is 0.341. The lowest BCUT2D eigenvalue weighted by atomic mass is 10.0. The number of hydrogen-bond acceptors (Lipinski definition) is 4. The van der Waals surface area contributed by atoms with E-state index < -0.39 is 0 Å². The second kappa shape index (κ2) is 11.4. The van der Waals surface area contributed by atoms with E-state index >= 15 is 0 Å². The summed E-state index contributed by atoms with van der Waals surface area (Å²) in [5, 5.41) is 3.08. The highest BCUT2D eigenvalue weighted by atomic mass is 19.1. The summed E-state index contributed by atoms with van der Waals surface area (Å²) in [5.41, 5.74) is 5.71. The predicted molar refractivity (Wildman–Crippen MR) is 150 cm³/mol. The molecule has 194 valence electrons. The van der Waals surface area contributed by atoms with Crippen molar-refractivity contribution in [2.24, 2.45) is 0 Å². The number of rotatable bonds is 6. The number of aromatic nitrogens is 2. The van der Waals surface area contributed by atoms with Crippen LogP contribution in [0.2, 0.25) is 0 Å². The molecule has 0 saturated carbocycles. The van der Waals surface area contributed by atoms with Gasteiger partial charge in [-0.1, -0.05) is 67.6 Å². The van der Waals surface area contributed by atoms with E-state index in [-0.39, 0.29) is 11.8 Å². The van der Waals surface area contributed by atoms with Crippen LogP contribution in [-0.2, 0) is 12.8 Å². The lowest BCUT2D eigenvalue weighted by molar-refractivity contribution is 0.208. The molecule has 4 aromatic rings. The molecule has 5 rings (SSSR count). The Morgan fingerprint density at radius 2 is 1.66 bits per heavy atom. The molecule has 0 unspecified atom stereocenters. The van der Waals surface area contributed by atoms with Crippen LogP contribution in [-0.4, -0.2) is 47.1 Å². The first kappa shape index (κ1) is 25.4. The number of anilines is 2. The monoisotopic (exact) mass is 509 g/mol. The Bertz CT molecular complexity index is 1420. The molecular weight excluding hydrogens is 477 g/mol. The molecule has 1 aliphatic rings. The van der Waals surface area contributed by atoms with Crippen molar-refractivity contribution in [3.8, 4) is 11.4 Å². The molecule has 0 bridgehead atoms. The third kappa shape index (κ3) is 5.67. The van der Waals surface area contributed by atoms with Crippen molar-refractivity contribution in [1.82, 2.24) is 14.9 Å². The maximum absolute atomic E-state index is 14.0. The highest BCUT2D eigenvalue weighted by Gasteiger charge is 2.26. The van der Waals surface area contributed by atoms with Crippen molar-refractivity contribution in [1.29, 1.82) is 0 Å². The number of carbonyl (C=O) groups excluding carboxylic acids is 1. The van der Waals surface area contributed by atoms with Crippen molar-refractivity contribution in [2.75, 3.05) is 36.4 Å². The molecule has 0 spiro atoms. The van der Waals surface area contributed by atoms with E-state index in [9.17, 15) is 9.18 Å². The van der Waals surface area contributed by atoms with Gasteiger partial charge in [0, 0.05) is 55.1 Å². The third-order valence-corrected chi connectivity index (χ3v) is 7.00. The third-order valence-electron chi connectivity index (χ3n) is 7.00. The van der Waals surface area contributed by atoms with Crippen LogP contribution in [0.4, 0.5) is 20.7 Å². The van der Waals surface area contributed by atoms with Crippen molar-refractivity contribution in [3.63, 3.8) is 0 Å². The lowest BCUT2D eigenvalue weighted by Gasteiger charge is -2.36. The Kier molecular flexibility index (Phi) is 7.63. The molecule has 2 heterocycles. The lowest BCUT2D eigenvalue weighted by Crippen LogP contribution is -2.50. The fourth-order valence-electron chi connectivity index (χ4n) is 4.87. The smallest absolute Gasteiger partial charge is 0.321 e. The second-order valence-electron chi connectivity index (χ2n) is 9.52. The molecule has 1 fully saturated rings. The van der Waals surface area contributed by atoms with Crippen LogP contribution in [0, 0.1) is 12.7 Å². The Balaban J connectivity index is 1.39. The molecule has 6 nitrogen and oxygen atoms in total.